The molecule has 0 radical (unpaired) electrons. The van der Waals surface area contributed by atoms with Gasteiger partial charge in [-0.15, -0.1) is 10.3 Å². The monoisotopic (exact) mass is 531 g/mol. The van der Waals surface area contributed by atoms with Crippen LogP contribution in [-0.2, 0) is 15.5 Å². The second-order valence-corrected chi connectivity index (χ2v) is 14.6. The van der Waals surface area contributed by atoms with Gasteiger partial charge in [0, 0.05) is 40.1 Å². The lowest BCUT2D eigenvalue weighted by molar-refractivity contribution is 0.0515. The molecule has 6 nitrogen and oxygen atoms in total. The molecular formula is C29H42FN3O3S. The zero-order valence-electron chi connectivity index (χ0n) is 23.4. The van der Waals surface area contributed by atoms with E-state index >= 15 is 0 Å². The van der Waals surface area contributed by atoms with E-state index < -0.39 is 16.3 Å². The number of nitrogens with one attached hydrogen (secondary N) is 1. The summed E-state index contributed by atoms with van der Waals surface area (Å²) >= 11 is 0. The van der Waals surface area contributed by atoms with Gasteiger partial charge in [-0.25, -0.2) is 9.18 Å². The van der Waals surface area contributed by atoms with Crippen LogP contribution in [0.5, 0.6) is 0 Å². The van der Waals surface area contributed by atoms with Crippen molar-refractivity contribution in [1.29, 1.82) is 0 Å². The third kappa shape index (κ3) is 5.96. The zero-order valence-corrected chi connectivity index (χ0v) is 24.2. The lowest BCUT2D eigenvalue weighted by Gasteiger charge is -2.50. The van der Waals surface area contributed by atoms with Gasteiger partial charge in [0.2, 0.25) is 0 Å². The van der Waals surface area contributed by atoms with Gasteiger partial charge in [0.05, 0.1) is 30.1 Å². The van der Waals surface area contributed by atoms with E-state index in [1.165, 1.54) is 6.07 Å². The maximum Gasteiger partial charge on any atom is 0.357 e. The predicted molar refractivity (Wildman–Crippen MR) is 154 cm³/mol. The maximum absolute atomic E-state index is 14.8. The Balaban J connectivity index is 1.98. The van der Waals surface area contributed by atoms with Crippen LogP contribution in [0.2, 0.25) is 0 Å². The molecule has 0 fully saturated rings. The number of esters is 1. The van der Waals surface area contributed by atoms with Crippen LogP contribution in [0.3, 0.4) is 0 Å². The first-order valence-corrected chi connectivity index (χ1v) is 14.9. The third-order valence-electron chi connectivity index (χ3n) is 6.74. The van der Waals surface area contributed by atoms with Gasteiger partial charge >= 0.3 is 5.97 Å². The fourth-order valence-corrected chi connectivity index (χ4v) is 9.78. The summed E-state index contributed by atoms with van der Waals surface area (Å²) in [6.07, 6.45) is 4.12. The molecule has 0 aliphatic heterocycles. The minimum absolute atomic E-state index is 0.239. The second-order valence-electron chi connectivity index (χ2n) is 10.1. The molecule has 1 aromatic carbocycles. The average Bonchev–Trinajstić information content (AvgIpc) is 3.13. The van der Waals surface area contributed by atoms with Gasteiger partial charge in [-0.3, -0.25) is 4.98 Å². The fraction of sp³-hybridized carbons (Fsp3) is 0.517. The Hall–Kier alpha value is -2.58. The summed E-state index contributed by atoms with van der Waals surface area (Å²) in [5.74, 6) is -0.843. The first kappa shape index (κ1) is 29.0. The van der Waals surface area contributed by atoms with Crippen LogP contribution in [0.1, 0.15) is 70.9 Å². The average molecular weight is 532 g/mol. The molecule has 1 N–H and O–H groups in total. The molecular weight excluding hydrogens is 489 g/mol. The summed E-state index contributed by atoms with van der Waals surface area (Å²) in [6.45, 7) is 18.5. The number of benzene rings is 1. The first-order valence-electron chi connectivity index (χ1n) is 13.1. The molecule has 0 amide bonds. The molecule has 0 aliphatic carbocycles. The molecule has 3 aromatic rings. The Labute approximate surface area is 222 Å². The van der Waals surface area contributed by atoms with Gasteiger partial charge in [0.15, 0.2) is 5.69 Å². The summed E-state index contributed by atoms with van der Waals surface area (Å²) < 4.78 is 28.9. The summed E-state index contributed by atoms with van der Waals surface area (Å²) in [6, 6.07) is 6.85. The number of anilines is 2. The number of pyridine rings is 1. The number of aromatic nitrogens is 2. The van der Waals surface area contributed by atoms with Gasteiger partial charge in [-0.1, -0.05) is 47.6 Å². The van der Waals surface area contributed by atoms with E-state index in [1.54, 1.807) is 25.4 Å². The van der Waals surface area contributed by atoms with Crippen molar-refractivity contribution in [3.8, 4) is 0 Å². The van der Waals surface area contributed by atoms with Gasteiger partial charge in [0.1, 0.15) is 5.82 Å². The third-order valence-corrected chi connectivity index (χ3v) is 11.7. The van der Waals surface area contributed by atoms with Crippen molar-refractivity contribution in [2.75, 3.05) is 18.5 Å². The molecule has 0 bridgehead atoms. The number of halogens is 1. The predicted octanol–water partition coefficient (Wildman–Crippen LogP) is 7.76. The summed E-state index contributed by atoms with van der Waals surface area (Å²) in [5.41, 5.74) is 2.81. The van der Waals surface area contributed by atoms with E-state index in [0.717, 1.165) is 22.9 Å². The highest BCUT2D eigenvalue weighted by atomic mass is 32.3. The Morgan fingerprint density at radius 1 is 1.11 bits per heavy atom. The van der Waals surface area contributed by atoms with E-state index in [0.29, 0.717) is 46.0 Å². The number of aryl methyl sites for hydroxylation is 2. The minimum Gasteiger partial charge on any atom is -0.461 e. The van der Waals surface area contributed by atoms with Crippen molar-refractivity contribution in [1.82, 2.24) is 9.55 Å². The molecule has 3 rings (SSSR count). The van der Waals surface area contributed by atoms with Gasteiger partial charge in [-0.2, -0.15) is 0 Å². The molecule has 0 unspecified atom stereocenters. The molecule has 2 aromatic heterocycles. The van der Waals surface area contributed by atoms with Gasteiger partial charge in [0.25, 0.3) is 0 Å². The smallest absolute Gasteiger partial charge is 0.357 e. The van der Waals surface area contributed by atoms with Crippen LogP contribution < -0.4 is 5.32 Å². The Kier molecular flexibility index (Phi) is 9.64. The summed E-state index contributed by atoms with van der Waals surface area (Å²) in [7, 11) is -1.29. The van der Waals surface area contributed by atoms with Crippen molar-refractivity contribution >= 4 is 38.6 Å². The standard InChI is InChI=1S/C29H42FN3O3S/c1-9-35-29(34)28-27(32-25-12-11-22(8)17-24(25)30)23-18-31-14-13-26(23)33(28)15-10-16-36-37(19(2)3,20(4)5)21(6)7/h11-14,17-21,32H,9-10,15-16H2,1-8H3. The Morgan fingerprint density at radius 3 is 2.38 bits per heavy atom. The topological polar surface area (TPSA) is 65.4 Å². The van der Waals surface area contributed by atoms with Crippen LogP contribution in [0.4, 0.5) is 15.8 Å². The van der Waals surface area contributed by atoms with Crippen LogP contribution in [0.15, 0.2) is 36.7 Å². The van der Waals surface area contributed by atoms with Crippen molar-refractivity contribution < 1.29 is 18.1 Å². The SMILES string of the molecule is CCOC(=O)c1c(Nc2ccc(C)cc2F)c2cnccc2n1CCCOS(C(C)C)(C(C)C)C(C)C. The molecule has 204 valence electrons. The molecule has 0 aliphatic rings. The largest absolute Gasteiger partial charge is 0.461 e. The van der Waals surface area contributed by atoms with Crippen LogP contribution in [-0.4, -0.2) is 44.5 Å². The van der Waals surface area contributed by atoms with E-state index in [4.69, 9.17) is 8.92 Å². The number of nitrogens with zero attached hydrogens (tertiary/aromatic N) is 2. The number of hydrogen-bond donors (Lipinski definition) is 1. The van der Waals surface area contributed by atoms with Crippen LogP contribution in [0.25, 0.3) is 10.9 Å². The summed E-state index contributed by atoms with van der Waals surface area (Å²) in [5, 5.41) is 5.24. The molecule has 2 heterocycles. The highest BCUT2D eigenvalue weighted by Gasteiger charge is 2.35. The molecule has 0 saturated heterocycles. The van der Waals surface area contributed by atoms with Crippen molar-refractivity contribution in [3.63, 3.8) is 0 Å². The Bertz CT molecular complexity index is 1200. The number of hydrogen-bond acceptors (Lipinski definition) is 5. The van der Waals surface area contributed by atoms with Gasteiger partial charge in [-0.05, 0) is 44.0 Å². The maximum atomic E-state index is 14.8. The van der Waals surface area contributed by atoms with Gasteiger partial charge < -0.3 is 18.8 Å². The molecule has 8 heteroatoms. The first-order chi connectivity index (χ1) is 17.5. The normalized spacial score (nSPS) is 12.6. The minimum atomic E-state index is -1.29. The number of carbonyl (C=O) groups is 1. The van der Waals surface area contributed by atoms with E-state index in [9.17, 15) is 9.18 Å². The number of rotatable bonds is 12. The lowest BCUT2D eigenvalue weighted by atomic mass is 10.2. The van der Waals surface area contributed by atoms with Crippen LogP contribution in [0, 0.1) is 12.7 Å². The number of fused-ring (bicyclic) bond motifs is 1. The molecule has 0 spiro atoms. The van der Waals surface area contributed by atoms with E-state index in [1.807, 2.05) is 23.6 Å². The number of carbonyl (C=O) groups excluding carboxylic acids is 1. The second kappa shape index (κ2) is 12.3. The summed E-state index contributed by atoms with van der Waals surface area (Å²) in [4.78, 5) is 17.5. The van der Waals surface area contributed by atoms with Crippen LogP contribution >= 0.6 is 10.3 Å². The number of ether oxygens (including phenoxy) is 1. The Morgan fingerprint density at radius 2 is 1.78 bits per heavy atom. The van der Waals surface area contributed by atoms with E-state index in [-0.39, 0.29) is 12.4 Å². The van der Waals surface area contributed by atoms with Crippen molar-refractivity contribution in [2.45, 2.75) is 84.1 Å². The quantitative estimate of drug-likeness (QED) is 0.191. The van der Waals surface area contributed by atoms with Crippen molar-refractivity contribution in [3.05, 3.63) is 53.7 Å². The fourth-order valence-electron chi connectivity index (χ4n) is 5.29. The molecule has 37 heavy (non-hydrogen) atoms. The van der Waals surface area contributed by atoms with Crippen molar-refractivity contribution in [2.24, 2.45) is 0 Å². The molecule has 0 atom stereocenters. The van der Waals surface area contributed by atoms with E-state index in [2.05, 4.69) is 51.8 Å². The lowest BCUT2D eigenvalue weighted by Crippen LogP contribution is -2.31. The zero-order chi connectivity index (χ0) is 27.3. The highest BCUT2D eigenvalue weighted by Crippen LogP contribution is 2.61. The highest BCUT2D eigenvalue weighted by molar-refractivity contribution is 8.31. The molecule has 0 saturated carbocycles.